The molecule has 2 N–H and O–H groups in total. The molecule has 0 unspecified atom stereocenters. The molecular weight excluding hydrogens is 548 g/mol. The van der Waals surface area contributed by atoms with Crippen LogP contribution in [0.3, 0.4) is 0 Å². The molecule has 1 aromatic carbocycles. The summed E-state index contributed by atoms with van der Waals surface area (Å²) in [5.74, 6) is -3.32. The highest BCUT2D eigenvalue weighted by Gasteiger charge is 2.54. The summed E-state index contributed by atoms with van der Waals surface area (Å²) in [6.45, 7) is 9.33. The van der Waals surface area contributed by atoms with E-state index in [4.69, 9.17) is 4.74 Å². The minimum Gasteiger partial charge on any atom is -0.460 e. The number of nitrogens with one attached hydrogen (secondary N) is 2. The maximum Gasteiger partial charge on any atom is 0.344 e. The quantitative estimate of drug-likeness (QED) is 0.297. The van der Waals surface area contributed by atoms with Crippen molar-refractivity contribution in [2.24, 2.45) is 17.8 Å². The Morgan fingerprint density at radius 3 is 2.22 bits per heavy atom. The first-order valence-electron chi connectivity index (χ1n) is 14.2. The van der Waals surface area contributed by atoms with Crippen LogP contribution in [0.1, 0.15) is 72.3 Å². The summed E-state index contributed by atoms with van der Waals surface area (Å²) < 4.78 is 30.8. The molecule has 11 nitrogen and oxygen atoms in total. The second-order valence-electron chi connectivity index (χ2n) is 12.5. The van der Waals surface area contributed by atoms with Crippen molar-refractivity contribution in [3.05, 3.63) is 35.9 Å². The molecule has 0 radical (unpaired) electrons. The zero-order chi connectivity index (χ0) is 30.6. The Hall–Kier alpha value is -2.99. The molecule has 3 rings (SSSR count). The number of ether oxygens (including phenoxy) is 1. The third kappa shape index (κ3) is 8.51. The summed E-state index contributed by atoms with van der Waals surface area (Å²) in [5.41, 5.74) is 1.56. The van der Waals surface area contributed by atoms with E-state index < -0.39 is 56.8 Å². The molecule has 1 spiro atoms. The van der Waals surface area contributed by atoms with Gasteiger partial charge in [-0.15, -0.1) is 0 Å². The lowest BCUT2D eigenvalue weighted by molar-refractivity contribution is -0.165. The van der Waals surface area contributed by atoms with Gasteiger partial charge in [0.25, 0.3) is 5.91 Å². The van der Waals surface area contributed by atoms with Crippen molar-refractivity contribution in [2.45, 2.75) is 84.3 Å². The van der Waals surface area contributed by atoms with Gasteiger partial charge in [-0.05, 0) is 70.8 Å². The van der Waals surface area contributed by atoms with E-state index in [9.17, 15) is 27.6 Å². The van der Waals surface area contributed by atoms with E-state index in [-0.39, 0.29) is 31.8 Å². The normalized spacial score (nSPS) is 19.2. The van der Waals surface area contributed by atoms with Crippen molar-refractivity contribution in [1.82, 2.24) is 20.1 Å². The molecule has 2 atom stereocenters. The first kappa shape index (κ1) is 32.5. The van der Waals surface area contributed by atoms with Gasteiger partial charge < -0.3 is 10.1 Å². The van der Waals surface area contributed by atoms with Crippen molar-refractivity contribution in [1.29, 1.82) is 0 Å². The Labute approximate surface area is 243 Å². The fourth-order valence-electron chi connectivity index (χ4n) is 5.45. The summed E-state index contributed by atoms with van der Waals surface area (Å²) in [6.07, 6.45) is 3.37. The van der Waals surface area contributed by atoms with Gasteiger partial charge in [0.2, 0.25) is 15.9 Å². The number of carbonyl (C=O) groups is 4. The van der Waals surface area contributed by atoms with Crippen LogP contribution in [0.4, 0.5) is 4.79 Å². The van der Waals surface area contributed by atoms with E-state index in [0.717, 1.165) is 18.2 Å². The number of urea groups is 1. The fraction of sp³-hybridized carbons (Fsp3) is 0.655. The monoisotopic (exact) mass is 592 g/mol. The van der Waals surface area contributed by atoms with Crippen LogP contribution in [0.5, 0.6) is 0 Å². The predicted molar refractivity (Wildman–Crippen MR) is 154 cm³/mol. The Bertz CT molecular complexity index is 1220. The van der Waals surface area contributed by atoms with E-state index in [2.05, 4.69) is 10.7 Å². The SMILES string of the molecule is CC(C)C[C@@H](C(=O)NN1C(=O)NC2(CCN(S(C)(=O)=O)CC2)C1=O)[C@H](CCCc1ccccc1)C(=O)OC(C)(C)C. The smallest absolute Gasteiger partial charge is 0.344 e. The zero-order valence-electron chi connectivity index (χ0n) is 24.9. The largest absolute Gasteiger partial charge is 0.460 e. The van der Waals surface area contributed by atoms with Crippen molar-refractivity contribution in [2.75, 3.05) is 19.3 Å². The van der Waals surface area contributed by atoms with Gasteiger partial charge in [0.15, 0.2) is 0 Å². The number of sulfonamides is 1. The number of imide groups is 1. The van der Waals surface area contributed by atoms with Gasteiger partial charge in [-0.3, -0.25) is 19.8 Å². The Kier molecular flexibility index (Phi) is 10.2. The number of nitrogens with zero attached hydrogens (tertiary/aromatic N) is 2. The highest BCUT2D eigenvalue weighted by Crippen LogP contribution is 2.32. The molecule has 228 valence electrons. The molecule has 0 aromatic heterocycles. The average molecular weight is 593 g/mol. The standard InChI is InChI=1S/C29H44N4O7S/c1-20(2)19-23(22(25(35)40-28(3,4)5)14-10-13-21-11-8-7-9-12-21)24(34)31-33-26(36)29(30-27(33)37)15-17-32(18-16-29)41(6,38)39/h7-9,11-12,20,22-23H,10,13-19H2,1-6H3,(H,30,37)(H,31,34)/t22-,23+/m0/s1. The number of amides is 4. The van der Waals surface area contributed by atoms with Crippen molar-refractivity contribution in [3.63, 3.8) is 0 Å². The summed E-state index contributed by atoms with van der Waals surface area (Å²) >= 11 is 0. The first-order valence-corrected chi connectivity index (χ1v) is 16.1. The highest BCUT2D eigenvalue weighted by atomic mass is 32.2. The van der Waals surface area contributed by atoms with E-state index in [0.29, 0.717) is 24.3 Å². The molecule has 2 aliphatic rings. The van der Waals surface area contributed by atoms with Gasteiger partial charge >= 0.3 is 12.0 Å². The summed E-state index contributed by atoms with van der Waals surface area (Å²) in [7, 11) is -3.43. The molecular formula is C29H44N4O7S. The van der Waals surface area contributed by atoms with Crippen LogP contribution in [0, 0.1) is 17.8 Å². The summed E-state index contributed by atoms with van der Waals surface area (Å²) in [6, 6.07) is 9.07. The van der Waals surface area contributed by atoms with Crippen molar-refractivity contribution >= 4 is 33.8 Å². The number of piperidine rings is 1. The molecule has 12 heteroatoms. The topological polar surface area (TPSA) is 142 Å². The number of hydrogen-bond donors (Lipinski definition) is 2. The summed E-state index contributed by atoms with van der Waals surface area (Å²) in [4.78, 5) is 53.5. The van der Waals surface area contributed by atoms with Crippen LogP contribution in [0.2, 0.25) is 0 Å². The zero-order valence-corrected chi connectivity index (χ0v) is 25.8. The molecule has 0 saturated carbocycles. The lowest BCUT2D eigenvalue weighted by Gasteiger charge is -2.36. The van der Waals surface area contributed by atoms with Crippen molar-refractivity contribution in [3.8, 4) is 0 Å². The van der Waals surface area contributed by atoms with Crippen molar-refractivity contribution < 1.29 is 32.3 Å². The highest BCUT2D eigenvalue weighted by molar-refractivity contribution is 7.88. The third-order valence-corrected chi connectivity index (χ3v) is 8.81. The maximum atomic E-state index is 13.7. The maximum absolute atomic E-state index is 13.7. The van der Waals surface area contributed by atoms with E-state index in [1.165, 1.54) is 4.31 Å². The van der Waals surface area contributed by atoms with Gasteiger partial charge in [-0.2, -0.15) is 5.01 Å². The van der Waals surface area contributed by atoms with Crippen LogP contribution >= 0.6 is 0 Å². The lowest BCUT2D eigenvalue weighted by Crippen LogP contribution is -2.57. The fourth-order valence-corrected chi connectivity index (χ4v) is 6.29. The second kappa shape index (κ2) is 12.9. The minimum atomic E-state index is -3.43. The number of benzene rings is 1. The molecule has 4 amide bonds. The molecule has 2 aliphatic heterocycles. The number of esters is 1. The third-order valence-electron chi connectivity index (χ3n) is 7.51. The Morgan fingerprint density at radius 2 is 1.68 bits per heavy atom. The molecule has 0 bridgehead atoms. The molecule has 1 aromatic rings. The van der Waals surface area contributed by atoms with Gasteiger partial charge in [-0.1, -0.05) is 44.2 Å². The Balaban J connectivity index is 1.79. The first-order chi connectivity index (χ1) is 19.0. The van der Waals surface area contributed by atoms with Gasteiger partial charge in [0.05, 0.1) is 18.1 Å². The van der Waals surface area contributed by atoms with E-state index >= 15 is 0 Å². The van der Waals surface area contributed by atoms with E-state index in [1.807, 2.05) is 44.2 Å². The number of carbonyl (C=O) groups excluding carboxylic acids is 4. The molecule has 2 fully saturated rings. The predicted octanol–water partition coefficient (Wildman–Crippen LogP) is 3.01. The van der Waals surface area contributed by atoms with E-state index in [1.54, 1.807) is 20.8 Å². The van der Waals surface area contributed by atoms with Crippen LogP contribution in [-0.4, -0.2) is 72.0 Å². The Morgan fingerprint density at radius 1 is 1.07 bits per heavy atom. The molecule has 2 saturated heterocycles. The molecule has 0 aliphatic carbocycles. The number of aryl methyl sites for hydroxylation is 1. The number of hydrazine groups is 1. The van der Waals surface area contributed by atoms with Gasteiger partial charge in [-0.25, -0.2) is 17.5 Å². The minimum absolute atomic E-state index is 0.0413. The molecule has 41 heavy (non-hydrogen) atoms. The average Bonchev–Trinajstić information content (AvgIpc) is 3.08. The van der Waals surface area contributed by atoms with Crippen LogP contribution in [-0.2, 0) is 35.6 Å². The van der Waals surface area contributed by atoms with Crippen LogP contribution < -0.4 is 10.7 Å². The van der Waals surface area contributed by atoms with Crippen LogP contribution in [0.15, 0.2) is 30.3 Å². The van der Waals surface area contributed by atoms with Gasteiger partial charge in [0, 0.05) is 13.1 Å². The number of hydrogen-bond acceptors (Lipinski definition) is 7. The van der Waals surface area contributed by atoms with Crippen LogP contribution in [0.25, 0.3) is 0 Å². The lowest BCUT2D eigenvalue weighted by atomic mass is 9.81. The second-order valence-corrected chi connectivity index (χ2v) is 14.5. The van der Waals surface area contributed by atoms with Gasteiger partial charge in [0.1, 0.15) is 11.1 Å². The molecule has 2 heterocycles. The summed E-state index contributed by atoms with van der Waals surface area (Å²) in [5, 5.41) is 3.35. The number of rotatable bonds is 11.